The van der Waals surface area contributed by atoms with Crippen LogP contribution < -0.4 is 10.1 Å². The third-order valence-electron chi connectivity index (χ3n) is 3.26. The number of ketones is 1. The number of hydrogen-bond donors (Lipinski definition) is 1. The van der Waals surface area contributed by atoms with Crippen molar-refractivity contribution in [2.24, 2.45) is 5.41 Å². The molecule has 0 aliphatic heterocycles. The number of carbonyl (C=O) groups is 1. The van der Waals surface area contributed by atoms with Gasteiger partial charge in [0.05, 0.1) is 13.2 Å². The van der Waals surface area contributed by atoms with E-state index < -0.39 is 0 Å². The van der Waals surface area contributed by atoms with Crippen LogP contribution in [0.2, 0.25) is 0 Å². The highest BCUT2D eigenvalue weighted by atomic mass is 16.5. The number of methoxy groups -OCH3 is 1. The van der Waals surface area contributed by atoms with Crippen LogP contribution in [0.3, 0.4) is 0 Å². The zero-order valence-corrected chi connectivity index (χ0v) is 14.4. The molecular formula is C18H29NO2. The highest BCUT2D eigenvalue weighted by molar-refractivity contribution is 5.89. The van der Waals surface area contributed by atoms with E-state index in [9.17, 15) is 4.79 Å². The van der Waals surface area contributed by atoms with Crippen LogP contribution >= 0.6 is 0 Å². The van der Waals surface area contributed by atoms with Crippen LogP contribution in [-0.4, -0.2) is 24.5 Å². The van der Waals surface area contributed by atoms with E-state index in [1.54, 1.807) is 7.11 Å². The largest absolute Gasteiger partial charge is 0.497 e. The Morgan fingerprint density at radius 1 is 1.10 bits per heavy atom. The van der Waals surface area contributed by atoms with Gasteiger partial charge >= 0.3 is 0 Å². The van der Waals surface area contributed by atoms with E-state index >= 15 is 0 Å². The molecule has 0 unspecified atom stereocenters. The van der Waals surface area contributed by atoms with Gasteiger partial charge in [-0.2, -0.15) is 0 Å². The van der Waals surface area contributed by atoms with Crippen LogP contribution in [0.15, 0.2) is 24.3 Å². The lowest BCUT2D eigenvalue weighted by Crippen LogP contribution is -2.51. The first kappa shape index (κ1) is 17.7. The lowest BCUT2D eigenvalue weighted by atomic mass is 9.83. The molecule has 3 heteroatoms. The number of rotatable bonds is 5. The Hall–Kier alpha value is -1.35. The summed E-state index contributed by atoms with van der Waals surface area (Å²) in [5, 5.41) is 3.46. The molecule has 1 N–H and O–H groups in total. The molecule has 0 aliphatic rings. The van der Waals surface area contributed by atoms with E-state index in [2.05, 4.69) is 26.1 Å². The molecule has 0 fully saturated rings. The van der Waals surface area contributed by atoms with Crippen molar-refractivity contribution in [3.8, 4) is 5.75 Å². The summed E-state index contributed by atoms with van der Waals surface area (Å²) in [6.07, 6.45) is 0.692. The van der Waals surface area contributed by atoms with Gasteiger partial charge in [-0.1, -0.05) is 32.9 Å². The average Bonchev–Trinajstić information content (AvgIpc) is 2.35. The minimum absolute atomic E-state index is 0.0992. The quantitative estimate of drug-likeness (QED) is 0.900. The fourth-order valence-electron chi connectivity index (χ4n) is 2.25. The van der Waals surface area contributed by atoms with Crippen LogP contribution in [0.5, 0.6) is 5.75 Å². The molecule has 0 radical (unpaired) electrons. The highest BCUT2D eigenvalue weighted by Gasteiger charge is 2.31. The Labute approximate surface area is 129 Å². The number of hydrogen-bond acceptors (Lipinski definition) is 3. The molecule has 1 aromatic carbocycles. The maximum absolute atomic E-state index is 12.7. The first-order chi connectivity index (χ1) is 9.53. The Bertz CT molecular complexity index is 463. The van der Waals surface area contributed by atoms with Crippen molar-refractivity contribution in [2.45, 2.75) is 59.5 Å². The number of benzene rings is 1. The first-order valence-corrected chi connectivity index (χ1v) is 7.48. The summed E-state index contributed by atoms with van der Waals surface area (Å²) >= 11 is 0. The van der Waals surface area contributed by atoms with Gasteiger partial charge in [-0.05, 0) is 44.9 Å². The van der Waals surface area contributed by atoms with E-state index in [4.69, 9.17) is 4.74 Å². The fraction of sp³-hybridized carbons (Fsp3) is 0.611. The molecule has 0 aromatic heterocycles. The van der Waals surface area contributed by atoms with E-state index in [1.807, 2.05) is 45.0 Å². The monoisotopic (exact) mass is 291 g/mol. The van der Waals surface area contributed by atoms with Crippen molar-refractivity contribution < 1.29 is 9.53 Å². The summed E-state index contributed by atoms with van der Waals surface area (Å²) in [7, 11) is 1.65. The second-order valence-corrected chi connectivity index (χ2v) is 7.61. The first-order valence-electron chi connectivity index (χ1n) is 7.48. The molecule has 118 valence electrons. The molecule has 0 saturated heterocycles. The second kappa shape index (κ2) is 6.61. The van der Waals surface area contributed by atoms with Crippen LogP contribution in [0, 0.1) is 5.41 Å². The van der Waals surface area contributed by atoms with Crippen LogP contribution in [0.4, 0.5) is 0 Å². The van der Waals surface area contributed by atoms with E-state index in [0.29, 0.717) is 6.42 Å². The normalized spacial score (nSPS) is 13.9. The Morgan fingerprint density at radius 2 is 1.62 bits per heavy atom. The number of Topliss-reactive ketones (excluding diaryl/α,β-unsaturated/α-hetero) is 1. The van der Waals surface area contributed by atoms with Crippen molar-refractivity contribution in [3.63, 3.8) is 0 Å². The molecule has 0 aliphatic carbocycles. The summed E-state index contributed by atoms with van der Waals surface area (Å²) in [4.78, 5) is 12.7. The van der Waals surface area contributed by atoms with Gasteiger partial charge in [0.25, 0.3) is 0 Å². The molecule has 1 atom stereocenters. The summed E-state index contributed by atoms with van der Waals surface area (Å²) in [6, 6.07) is 7.73. The Morgan fingerprint density at radius 3 is 2.00 bits per heavy atom. The van der Waals surface area contributed by atoms with Crippen LogP contribution in [0.25, 0.3) is 0 Å². The zero-order chi connectivity index (χ0) is 16.3. The maximum atomic E-state index is 12.7. The topological polar surface area (TPSA) is 38.3 Å². The average molecular weight is 291 g/mol. The molecule has 0 saturated carbocycles. The minimum Gasteiger partial charge on any atom is -0.497 e. The maximum Gasteiger partial charge on any atom is 0.155 e. The van der Waals surface area contributed by atoms with Crippen molar-refractivity contribution >= 4 is 5.78 Å². The van der Waals surface area contributed by atoms with Gasteiger partial charge in [0.2, 0.25) is 0 Å². The van der Waals surface area contributed by atoms with Crippen LogP contribution in [-0.2, 0) is 11.2 Å². The van der Waals surface area contributed by atoms with E-state index in [-0.39, 0.29) is 22.8 Å². The van der Waals surface area contributed by atoms with Gasteiger partial charge in [0, 0.05) is 11.0 Å². The third-order valence-corrected chi connectivity index (χ3v) is 3.26. The molecule has 0 spiro atoms. The fourth-order valence-corrected chi connectivity index (χ4v) is 2.25. The van der Waals surface area contributed by atoms with Gasteiger partial charge in [0.15, 0.2) is 5.78 Å². The highest BCUT2D eigenvalue weighted by Crippen LogP contribution is 2.21. The SMILES string of the molecule is COc1ccc(C[C@H](NC(C)(C)C)C(=O)C(C)(C)C)cc1. The molecule has 0 heterocycles. The molecular weight excluding hydrogens is 262 g/mol. The van der Waals surface area contributed by atoms with E-state index in [0.717, 1.165) is 11.3 Å². The van der Waals surface area contributed by atoms with Gasteiger partial charge in [0.1, 0.15) is 5.75 Å². The Balaban J connectivity index is 2.93. The number of nitrogens with one attached hydrogen (secondary N) is 1. The van der Waals surface area contributed by atoms with E-state index in [1.165, 1.54) is 0 Å². The number of ether oxygens (including phenoxy) is 1. The van der Waals surface area contributed by atoms with Crippen molar-refractivity contribution in [2.75, 3.05) is 7.11 Å². The van der Waals surface area contributed by atoms with Gasteiger partial charge in [-0.25, -0.2) is 0 Å². The molecule has 3 nitrogen and oxygen atoms in total. The third kappa shape index (κ3) is 5.88. The zero-order valence-electron chi connectivity index (χ0n) is 14.4. The van der Waals surface area contributed by atoms with Crippen molar-refractivity contribution in [3.05, 3.63) is 29.8 Å². The Kier molecular flexibility index (Phi) is 5.57. The smallest absolute Gasteiger partial charge is 0.155 e. The molecule has 1 rings (SSSR count). The number of carbonyl (C=O) groups excluding carboxylic acids is 1. The predicted molar refractivity (Wildman–Crippen MR) is 87.8 cm³/mol. The van der Waals surface area contributed by atoms with Gasteiger partial charge in [-0.15, -0.1) is 0 Å². The molecule has 0 bridgehead atoms. The summed E-state index contributed by atoms with van der Waals surface area (Å²) in [5.41, 5.74) is 0.683. The lowest BCUT2D eigenvalue weighted by molar-refractivity contribution is -0.128. The summed E-state index contributed by atoms with van der Waals surface area (Å²) in [5.74, 6) is 1.08. The minimum atomic E-state index is -0.352. The molecule has 21 heavy (non-hydrogen) atoms. The van der Waals surface area contributed by atoms with Crippen molar-refractivity contribution in [1.29, 1.82) is 0 Å². The summed E-state index contributed by atoms with van der Waals surface area (Å²) < 4.78 is 5.17. The van der Waals surface area contributed by atoms with Gasteiger partial charge < -0.3 is 10.1 Å². The predicted octanol–water partition coefficient (Wildman–Crippen LogP) is 3.61. The summed E-state index contributed by atoms with van der Waals surface area (Å²) in [6.45, 7) is 12.2. The second-order valence-electron chi connectivity index (χ2n) is 7.61. The lowest BCUT2D eigenvalue weighted by Gasteiger charge is -2.32. The van der Waals surface area contributed by atoms with Crippen molar-refractivity contribution in [1.82, 2.24) is 5.32 Å². The molecule has 1 aromatic rings. The molecule has 0 amide bonds. The van der Waals surface area contributed by atoms with Gasteiger partial charge in [-0.3, -0.25) is 4.79 Å². The standard InChI is InChI=1S/C18H29NO2/c1-17(2,3)16(20)15(19-18(4,5)6)12-13-8-10-14(21-7)11-9-13/h8-11,15,19H,12H2,1-7H3/t15-/m0/s1. The van der Waals surface area contributed by atoms with Crippen LogP contribution in [0.1, 0.15) is 47.1 Å².